The molecule has 0 atom stereocenters. The number of carbonyl (C=O) groups excluding carboxylic acids is 2. The minimum Gasteiger partial charge on any atom is -0.337 e. The van der Waals surface area contributed by atoms with Crippen molar-refractivity contribution in [1.82, 2.24) is 14.7 Å². The Morgan fingerprint density at radius 1 is 0.938 bits per heavy atom. The van der Waals surface area contributed by atoms with Crippen molar-refractivity contribution in [1.29, 1.82) is 0 Å². The van der Waals surface area contributed by atoms with E-state index < -0.39 is 0 Å². The highest BCUT2D eigenvalue weighted by Gasteiger charge is 2.19. The number of anilines is 1. The largest absolute Gasteiger partial charge is 0.337 e. The lowest BCUT2D eigenvalue weighted by molar-refractivity contribution is 0.0786. The zero-order valence-corrected chi connectivity index (χ0v) is 19.0. The number of hydrogen-bond donors (Lipinski definition) is 1. The Kier molecular flexibility index (Phi) is 6.47. The van der Waals surface area contributed by atoms with Gasteiger partial charge in [0, 0.05) is 29.8 Å². The number of benzene rings is 3. The first-order valence-corrected chi connectivity index (χ1v) is 10.8. The molecule has 0 saturated heterocycles. The first-order chi connectivity index (χ1) is 15.5. The Bertz CT molecular complexity index is 1250. The highest BCUT2D eigenvalue weighted by Crippen LogP contribution is 2.22. The van der Waals surface area contributed by atoms with E-state index in [1.807, 2.05) is 42.6 Å². The van der Waals surface area contributed by atoms with E-state index in [0.29, 0.717) is 27.8 Å². The number of nitrogens with zero attached hydrogens (tertiary/aromatic N) is 3. The third-order valence-electron chi connectivity index (χ3n) is 4.95. The van der Waals surface area contributed by atoms with Crippen molar-refractivity contribution in [2.24, 2.45) is 0 Å². The lowest BCUT2D eigenvalue weighted by atomic mass is 10.1. The molecule has 32 heavy (non-hydrogen) atoms. The summed E-state index contributed by atoms with van der Waals surface area (Å²) in [5.74, 6) is -0.481. The van der Waals surface area contributed by atoms with E-state index in [4.69, 9.17) is 0 Å². The molecule has 0 aliphatic carbocycles. The van der Waals surface area contributed by atoms with Crippen molar-refractivity contribution in [2.45, 2.75) is 6.54 Å². The van der Waals surface area contributed by atoms with E-state index >= 15 is 0 Å². The summed E-state index contributed by atoms with van der Waals surface area (Å²) in [6.45, 7) is 0.387. The van der Waals surface area contributed by atoms with E-state index in [2.05, 4.69) is 26.3 Å². The maximum atomic E-state index is 13.2. The first-order valence-electron chi connectivity index (χ1n) is 10.0. The fourth-order valence-electron chi connectivity index (χ4n) is 3.33. The second-order valence-electron chi connectivity index (χ2n) is 7.27. The lowest BCUT2D eigenvalue weighted by Crippen LogP contribution is -2.27. The Labute approximate surface area is 194 Å². The summed E-state index contributed by atoms with van der Waals surface area (Å²) in [7, 11) is 1.73. The highest BCUT2D eigenvalue weighted by atomic mass is 79.9. The minimum absolute atomic E-state index is 0.194. The molecule has 1 heterocycles. The number of rotatable bonds is 6. The molecule has 0 spiro atoms. The number of nitrogens with one attached hydrogen (secondary N) is 1. The van der Waals surface area contributed by atoms with Crippen LogP contribution in [0, 0.1) is 0 Å². The van der Waals surface area contributed by atoms with Gasteiger partial charge in [-0.05, 0) is 52.3 Å². The predicted octanol–water partition coefficient (Wildman–Crippen LogP) is 5.16. The van der Waals surface area contributed by atoms with Crippen LogP contribution in [0.4, 0.5) is 5.69 Å². The molecule has 6 nitrogen and oxygen atoms in total. The van der Waals surface area contributed by atoms with Gasteiger partial charge in [0.2, 0.25) is 0 Å². The number of hydrogen-bond acceptors (Lipinski definition) is 3. The summed E-state index contributed by atoms with van der Waals surface area (Å²) < 4.78 is 2.47. The van der Waals surface area contributed by atoms with Crippen LogP contribution in [0.2, 0.25) is 0 Å². The Morgan fingerprint density at radius 2 is 1.59 bits per heavy atom. The van der Waals surface area contributed by atoms with Gasteiger partial charge in [0.15, 0.2) is 0 Å². The zero-order valence-electron chi connectivity index (χ0n) is 17.4. The molecule has 0 aliphatic heterocycles. The molecule has 4 rings (SSSR count). The number of para-hydroxylation sites is 2. The average Bonchev–Trinajstić information content (AvgIpc) is 3.28. The second-order valence-corrected chi connectivity index (χ2v) is 8.12. The quantitative estimate of drug-likeness (QED) is 0.407. The summed E-state index contributed by atoms with van der Waals surface area (Å²) in [5, 5.41) is 7.25. The molecule has 0 aliphatic rings. The van der Waals surface area contributed by atoms with Crippen molar-refractivity contribution >= 4 is 33.4 Å². The van der Waals surface area contributed by atoms with Crippen LogP contribution < -0.4 is 5.32 Å². The van der Waals surface area contributed by atoms with E-state index in [-0.39, 0.29) is 11.8 Å². The van der Waals surface area contributed by atoms with E-state index in [9.17, 15) is 9.59 Å². The fourth-order valence-corrected chi connectivity index (χ4v) is 3.79. The summed E-state index contributed by atoms with van der Waals surface area (Å²) in [6, 6.07) is 23.9. The molecule has 4 aromatic rings. The molecule has 1 N–H and O–H groups in total. The standard InChI is InChI=1S/C25H21BrN4O2/c1-29(16-18-15-27-30(17-18)19-9-3-2-4-10-19)25(32)21-12-6-8-14-23(21)28-24(31)20-11-5-7-13-22(20)26/h2-15,17H,16H2,1H3,(H,28,31). The van der Waals surface area contributed by atoms with Crippen molar-refractivity contribution in [3.05, 3.63) is 112 Å². The molecular formula is C25H21BrN4O2. The normalized spacial score (nSPS) is 10.6. The summed E-state index contributed by atoms with van der Waals surface area (Å²) >= 11 is 3.39. The van der Waals surface area contributed by atoms with E-state index in [1.165, 1.54) is 0 Å². The SMILES string of the molecule is CN(Cc1cnn(-c2ccccc2)c1)C(=O)c1ccccc1NC(=O)c1ccccc1Br. The number of carbonyl (C=O) groups is 2. The summed E-state index contributed by atoms with van der Waals surface area (Å²) in [6.07, 6.45) is 3.65. The van der Waals surface area contributed by atoms with Crippen molar-refractivity contribution in [3.8, 4) is 5.69 Å². The van der Waals surface area contributed by atoms with Crippen LogP contribution >= 0.6 is 15.9 Å². The van der Waals surface area contributed by atoms with Crippen LogP contribution in [0.3, 0.4) is 0 Å². The van der Waals surface area contributed by atoms with Gasteiger partial charge >= 0.3 is 0 Å². The molecule has 7 heteroatoms. The third-order valence-corrected chi connectivity index (χ3v) is 5.64. The smallest absolute Gasteiger partial charge is 0.256 e. The molecule has 0 bridgehead atoms. The van der Waals surface area contributed by atoms with Crippen molar-refractivity contribution < 1.29 is 9.59 Å². The Morgan fingerprint density at radius 3 is 2.34 bits per heavy atom. The predicted molar refractivity (Wildman–Crippen MR) is 128 cm³/mol. The maximum absolute atomic E-state index is 13.2. The Hall–Kier alpha value is -3.71. The Balaban J connectivity index is 1.49. The maximum Gasteiger partial charge on any atom is 0.256 e. The van der Waals surface area contributed by atoms with Gasteiger partial charge in [-0.2, -0.15) is 5.10 Å². The van der Waals surface area contributed by atoms with Gasteiger partial charge in [-0.15, -0.1) is 0 Å². The van der Waals surface area contributed by atoms with E-state index in [0.717, 1.165) is 11.3 Å². The van der Waals surface area contributed by atoms with Crippen LogP contribution in [0.5, 0.6) is 0 Å². The zero-order chi connectivity index (χ0) is 22.5. The second kappa shape index (κ2) is 9.62. The highest BCUT2D eigenvalue weighted by molar-refractivity contribution is 9.10. The van der Waals surface area contributed by atoms with Gasteiger partial charge in [0.1, 0.15) is 0 Å². The van der Waals surface area contributed by atoms with E-state index in [1.54, 1.807) is 65.3 Å². The van der Waals surface area contributed by atoms with Crippen LogP contribution in [-0.4, -0.2) is 33.5 Å². The molecule has 0 saturated carbocycles. The van der Waals surface area contributed by atoms with Gasteiger partial charge in [0.25, 0.3) is 11.8 Å². The van der Waals surface area contributed by atoms with Gasteiger partial charge in [0.05, 0.1) is 28.7 Å². The van der Waals surface area contributed by atoms with Gasteiger partial charge < -0.3 is 10.2 Å². The molecule has 0 fully saturated rings. The van der Waals surface area contributed by atoms with Gasteiger partial charge in [-0.1, -0.05) is 42.5 Å². The van der Waals surface area contributed by atoms with Gasteiger partial charge in [-0.25, -0.2) is 4.68 Å². The molecule has 1 aromatic heterocycles. The van der Waals surface area contributed by atoms with Crippen molar-refractivity contribution in [3.63, 3.8) is 0 Å². The summed E-state index contributed by atoms with van der Waals surface area (Å²) in [5.41, 5.74) is 3.24. The van der Waals surface area contributed by atoms with Crippen LogP contribution in [0.25, 0.3) is 5.69 Å². The molecular weight excluding hydrogens is 468 g/mol. The molecule has 160 valence electrons. The van der Waals surface area contributed by atoms with Crippen LogP contribution in [0.15, 0.2) is 95.7 Å². The summed E-state index contributed by atoms with van der Waals surface area (Å²) in [4.78, 5) is 27.5. The molecule has 0 unspecified atom stereocenters. The average molecular weight is 489 g/mol. The monoisotopic (exact) mass is 488 g/mol. The number of amides is 2. The minimum atomic E-state index is -0.287. The van der Waals surface area contributed by atoms with Crippen molar-refractivity contribution in [2.75, 3.05) is 12.4 Å². The lowest BCUT2D eigenvalue weighted by Gasteiger charge is -2.19. The molecule has 2 amide bonds. The number of aromatic nitrogens is 2. The fraction of sp³-hybridized carbons (Fsp3) is 0.0800. The molecule has 3 aromatic carbocycles. The third kappa shape index (κ3) is 4.78. The number of halogens is 1. The molecule has 0 radical (unpaired) electrons. The van der Waals surface area contributed by atoms with Crippen LogP contribution in [-0.2, 0) is 6.54 Å². The van der Waals surface area contributed by atoms with Crippen LogP contribution in [0.1, 0.15) is 26.3 Å². The first kappa shape index (κ1) is 21.5. The van der Waals surface area contributed by atoms with Gasteiger partial charge in [-0.3, -0.25) is 9.59 Å². The topological polar surface area (TPSA) is 67.2 Å².